The molecule has 26 heavy (non-hydrogen) atoms. The van der Waals surface area contributed by atoms with E-state index in [2.05, 4.69) is 0 Å². The number of rotatable bonds is 4. The number of fused-ring (bicyclic) bond motifs is 1. The van der Waals surface area contributed by atoms with Crippen LogP contribution in [0.25, 0.3) is 16.6 Å². The molecule has 0 bridgehead atoms. The monoisotopic (exact) mass is 367 g/mol. The van der Waals surface area contributed by atoms with Gasteiger partial charge in [-0.3, -0.25) is 0 Å². The molecule has 0 radical (unpaired) electrons. The standard InChI is InChI=1S/C17H12F3NO5/c1-9-6-14(26-16(9)24)25-8-13(15(22)23)21-5-4-10-7-11(17(18,19)20)2-3-12(10)21/h2-8,14H,1H3,(H,22,23)/b13-8-. The molecule has 136 valence electrons. The summed E-state index contributed by atoms with van der Waals surface area (Å²) in [6, 6.07) is 4.33. The Bertz CT molecular complexity index is 955. The summed E-state index contributed by atoms with van der Waals surface area (Å²) < 4.78 is 49.5. The van der Waals surface area contributed by atoms with Crippen LogP contribution in [0.3, 0.4) is 0 Å². The Morgan fingerprint density at radius 3 is 2.65 bits per heavy atom. The number of ether oxygens (including phenoxy) is 2. The van der Waals surface area contributed by atoms with Gasteiger partial charge in [0.05, 0.1) is 11.1 Å². The Morgan fingerprint density at radius 1 is 1.35 bits per heavy atom. The lowest BCUT2D eigenvalue weighted by atomic mass is 10.1. The van der Waals surface area contributed by atoms with Crippen molar-refractivity contribution in [2.45, 2.75) is 19.4 Å². The Hall–Kier alpha value is -3.23. The topological polar surface area (TPSA) is 77.8 Å². The summed E-state index contributed by atoms with van der Waals surface area (Å²) >= 11 is 0. The molecule has 1 aromatic carbocycles. The second-order valence-corrected chi connectivity index (χ2v) is 5.52. The van der Waals surface area contributed by atoms with E-state index in [1.54, 1.807) is 0 Å². The average Bonchev–Trinajstić information content (AvgIpc) is 3.10. The Balaban J connectivity index is 1.95. The fourth-order valence-corrected chi connectivity index (χ4v) is 2.44. The summed E-state index contributed by atoms with van der Waals surface area (Å²) in [4.78, 5) is 22.8. The van der Waals surface area contributed by atoms with Crippen molar-refractivity contribution in [3.63, 3.8) is 0 Å². The number of benzene rings is 1. The molecule has 2 aromatic rings. The van der Waals surface area contributed by atoms with E-state index in [0.29, 0.717) is 5.57 Å². The minimum Gasteiger partial charge on any atom is -0.476 e. The SMILES string of the molecule is CC1=CC(O/C=C(/C(=O)O)n2ccc3cc(C(F)(F)F)ccc32)OC1=O. The zero-order chi connectivity index (χ0) is 19.1. The molecular weight excluding hydrogens is 355 g/mol. The number of hydrogen-bond donors (Lipinski definition) is 1. The number of aliphatic carboxylic acids is 1. The smallest absolute Gasteiger partial charge is 0.416 e. The minimum absolute atomic E-state index is 0.218. The number of cyclic esters (lactones) is 1. The number of carboxylic acids is 1. The number of halogens is 3. The summed E-state index contributed by atoms with van der Waals surface area (Å²) in [5.74, 6) is -1.95. The van der Waals surface area contributed by atoms with Gasteiger partial charge in [0.25, 0.3) is 6.29 Å². The van der Waals surface area contributed by atoms with Crippen LogP contribution in [0, 0.1) is 0 Å². The lowest BCUT2D eigenvalue weighted by Crippen LogP contribution is -2.13. The van der Waals surface area contributed by atoms with Gasteiger partial charge in [0, 0.05) is 23.2 Å². The van der Waals surface area contributed by atoms with Gasteiger partial charge in [-0.1, -0.05) is 0 Å². The van der Waals surface area contributed by atoms with Crippen molar-refractivity contribution < 1.29 is 37.3 Å². The predicted octanol–water partition coefficient (Wildman–Crippen LogP) is 3.39. The van der Waals surface area contributed by atoms with E-state index in [0.717, 1.165) is 18.4 Å². The maximum Gasteiger partial charge on any atom is 0.416 e. The molecule has 2 heterocycles. The van der Waals surface area contributed by atoms with E-state index < -0.39 is 30.0 Å². The van der Waals surface area contributed by atoms with Gasteiger partial charge in [-0.2, -0.15) is 13.2 Å². The highest BCUT2D eigenvalue weighted by Crippen LogP contribution is 2.32. The third-order valence-corrected chi connectivity index (χ3v) is 3.74. The predicted molar refractivity (Wildman–Crippen MR) is 83.6 cm³/mol. The van der Waals surface area contributed by atoms with Crippen molar-refractivity contribution >= 4 is 28.5 Å². The number of carboxylic acid groups (broad SMARTS) is 1. The maximum atomic E-state index is 12.8. The van der Waals surface area contributed by atoms with Crippen LogP contribution >= 0.6 is 0 Å². The van der Waals surface area contributed by atoms with Gasteiger partial charge in [0.2, 0.25) is 0 Å². The number of esters is 1. The van der Waals surface area contributed by atoms with Gasteiger partial charge in [0.1, 0.15) is 6.26 Å². The highest BCUT2D eigenvalue weighted by Gasteiger charge is 2.31. The third-order valence-electron chi connectivity index (χ3n) is 3.74. The van der Waals surface area contributed by atoms with Crippen LogP contribution in [0.5, 0.6) is 0 Å². The van der Waals surface area contributed by atoms with Crippen molar-refractivity contribution in [1.82, 2.24) is 4.57 Å². The molecule has 0 amide bonds. The fraction of sp³-hybridized carbons (Fsp3) is 0.176. The Labute approximate surface area is 144 Å². The molecule has 0 fully saturated rings. The molecular formula is C17H12F3NO5. The zero-order valence-electron chi connectivity index (χ0n) is 13.3. The first-order valence-corrected chi connectivity index (χ1v) is 7.34. The largest absolute Gasteiger partial charge is 0.476 e. The molecule has 0 aliphatic carbocycles. The van der Waals surface area contributed by atoms with Crippen LogP contribution in [0.2, 0.25) is 0 Å². The third kappa shape index (κ3) is 3.28. The van der Waals surface area contributed by atoms with Crippen LogP contribution in [0.15, 0.2) is 48.4 Å². The lowest BCUT2D eigenvalue weighted by molar-refractivity contribution is -0.152. The van der Waals surface area contributed by atoms with Crippen molar-refractivity contribution in [3.8, 4) is 0 Å². The molecule has 0 saturated heterocycles. The van der Waals surface area contributed by atoms with Crippen molar-refractivity contribution in [2.75, 3.05) is 0 Å². The van der Waals surface area contributed by atoms with Crippen LogP contribution < -0.4 is 0 Å². The summed E-state index contributed by atoms with van der Waals surface area (Å²) in [6.45, 7) is 1.52. The van der Waals surface area contributed by atoms with E-state index in [1.807, 2.05) is 0 Å². The molecule has 3 rings (SSSR count). The van der Waals surface area contributed by atoms with Crippen molar-refractivity contribution in [2.24, 2.45) is 0 Å². The van der Waals surface area contributed by atoms with Gasteiger partial charge in [-0.05, 0) is 31.2 Å². The number of carbonyl (C=O) groups excluding carboxylic acids is 1. The van der Waals surface area contributed by atoms with Crippen LogP contribution in [0.4, 0.5) is 13.2 Å². The number of alkyl halides is 3. The summed E-state index contributed by atoms with van der Waals surface area (Å²) in [7, 11) is 0. The molecule has 1 aliphatic heterocycles. The quantitative estimate of drug-likeness (QED) is 0.509. The summed E-state index contributed by atoms with van der Waals surface area (Å²) in [5.41, 5.74) is -0.608. The second-order valence-electron chi connectivity index (χ2n) is 5.52. The molecule has 1 aromatic heterocycles. The molecule has 0 spiro atoms. The summed E-state index contributed by atoms with van der Waals surface area (Å²) in [5, 5.41) is 9.61. The highest BCUT2D eigenvalue weighted by molar-refractivity contribution is 6.10. The van der Waals surface area contributed by atoms with E-state index in [4.69, 9.17) is 9.47 Å². The minimum atomic E-state index is -4.50. The number of carbonyl (C=O) groups is 2. The highest BCUT2D eigenvalue weighted by atomic mass is 19.4. The van der Waals surface area contributed by atoms with Gasteiger partial charge in [0.15, 0.2) is 5.70 Å². The Morgan fingerprint density at radius 2 is 2.08 bits per heavy atom. The Kier molecular flexibility index (Phi) is 4.23. The normalized spacial score (nSPS) is 18.0. The first kappa shape index (κ1) is 17.6. The molecule has 0 saturated carbocycles. The number of hydrogen-bond acceptors (Lipinski definition) is 4. The average molecular weight is 367 g/mol. The van der Waals surface area contributed by atoms with Gasteiger partial charge in [-0.25, -0.2) is 9.59 Å². The van der Waals surface area contributed by atoms with Crippen LogP contribution in [0.1, 0.15) is 12.5 Å². The molecule has 9 heteroatoms. The first-order valence-electron chi connectivity index (χ1n) is 7.34. The van der Waals surface area contributed by atoms with Gasteiger partial charge < -0.3 is 19.1 Å². The lowest BCUT2D eigenvalue weighted by Gasteiger charge is -2.11. The second kappa shape index (κ2) is 6.25. The first-order chi connectivity index (χ1) is 12.2. The molecule has 1 N–H and O–H groups in total. The zero-order valence-corrected chi connectivity index (χ0v) is 13.3. The van der Waals surface area contributed by atoms with Gasteiger partial charge in [-0.15, -0.1) is 0 Å². The molecule has 1 unspecified atom stereocenters. The maximum absolute atomic E-state index is 12.8. The van der Waals surface area contributed by atoms with E-state index in [9.17, 15) is 27.9 Å². The van der Waals surface area contributed by atoms with Crippen LogP contribution in [-0.4, -0.2) is 27.9 Å². The summed E-state index contributed by atoms with van der Waals surface area (Å²) in [6.07, 6.45) is -1.98. The number of aromatic nitrogens is 1. The number of nitrogens with zero attached hydrogens (tertiary/aromatic N) is 1. The van der Waals surface area contributed by atoms with E-state index in [1.165, 1.54) is 35.9 Å². The van der Waals surface area contributed by atoms with E-state index in [-0.39, 0.29) is 16.6 Å². The fourth-order valence-electron chi connectivity index (χ4n) is 2.44. The molecule has 1 aliphatic rings. The van der Waals surface area contributed by atoms with Crippen LogP contribution in [-0.2, 0) is 25.2 Å². The van der Waals surface area contributed by atoms with Crippen molar-refractivity contribution in [3.05, 3.63) is 53.9 Å². The molecule has 6 nitrogen and oxygen atoms in total. The van der Waals surface area contributed by atoms with Gasteiger partial charge >= 0.3 is 18.1 Å². The molecule has 1 atom stereocenters. The van der Waals surface area contributed by atoms with Crippen molar-refractivity contribution in [1.29, 1.82) is 0 Å². The van der Waals surface area contributed by atoms with E-state index >= 15 is 0 Å².